The van der Waals surface area contributed by atoms with Gasteiger partial charge in [-0.2, -0.15) is 0 Å². The molecule has 0 saturated heterocycles. The number of esters is 1. The molecule has 0 aromatic rings. The number of carbonyl (C=O) groups is 1. The Kier molecular flexibility index (Phi) is 4.09. The van der Waals surface area contributed by atoms with Crippen molar-refractivity contribution in [1.82, 2.24) is 0 Å². The van der Waals surface area contributed by atoms with E-state index in [4.69, 9.17) is 39.5 Å². The molecule has 0 aromatic carbocycles. The Labute approximate surface area is 102 Å². The van der Waals surface area contributed by atoms with E-state index in [1.54, 1.807) is 6.92 Å². The van der Waals surface area contributed by atoms with Crippen molar-refractivity contribution in [2.75, 3.05) is 7.11 Å². The van der Waals surface area contributed by atoms with Gasteiger partial charge in [-0.05, 0) is 6.92 Å². The van der Waals surface area contributed by atoms with Gasteiger partial charge in [0.15, 0.2) is 0 Å². The molecule has 1 heterocycles. The van der Waals surface area contributed by atoms with Gasteiger partial charge >= 0.3 is 5.97 Å². The van der Waals surface area contributed by atoms with E-state index in [2.05, 4.69) is 9.73 Å². The summed E-state index contributed by atoms with van der Waals surface area (Å²) in [6.07, 6.45) is -0.184. The van der Waals surface area contributed by atoms with Gasteiger partial charge in [-0.1, -0.05) is 34.8 Å². The van der Waals surface area contributed by atoms with E-state index < -0.39 is 3.79 Å². The lowest BCUT2D eigenvalue weighted by Crippen LogP contribution is -2.24. The number of rotatable bonds is 2. The molecule has 0 fully saturated rings. The number of hydrogen-bond donors (Lipinski definition) is 0. The molecule has 0 radical (unpaired) electrons. The summed E-state index contributed by atoms with van der Waals surface area (Å²) in [5.41, 5.74) is 0. The molecule has 1 rings (SSSR count). The molecular weight excluding hydrogens is 264 g/mol. The summed E-state index contributed by atoms with van der Waals surface area (Å²) in [6.45, 7) is 1.75. The molecule has 86 valence electrons. The number of nitrogens with zero attached hydrogens (tertiary/aromatic N) is 1. The predicted octanol–water partition coefficient (Wildman–Crippen LogP) is 2.11. The van der Waals surface area contributed by atoms with Gasteiger partial charge in [-0.3, -0.25) is 4.79 Å². The van der Waals surface area contributed by atoms with Crippen LogP contribution in [-0.2, 0) is 14.3 Å². The molecule has 0 spiro atoms. The normalized spacial score (nSPS) is 25.8. The summed E-state index contributed by atoms with van der Waals surface area (Å²) in [6, 6.07) is -0.358. The summed E-state index contributed by atoms with van der Waals surface area (Å²) in [4.78, 5) is 15.0. The predicted molar refractivity (Wildman–Crippen MR) is 58.7 cm³/mol. The van der Waals surface area contributed by atoms with Crippen molar-refractivity contribution >= 4 is 46.7 Å². The summed E-state index contributed by atoms with van der Waals surface area (Å²) in [5, 5.41) is 0. The standard InChI is InChI=1S/C8H10Cl3NO3/c1-4-5(3-6(13)14-2)12-7(15-4)8(9,10)11/h4-5H,3H2,1-2H3. The van der Waals surface area contributed by atoms with Crippen molar-refractivity contribution in [3.63, 3.8) is 0 Å². The Balaban J connectivity index is 2.68. The largest absolute Gasteiger partial charge is 0.473 e. The number of carbonyl (C=O) groups excluding carboxylic acids is 1. The van der Waals surface area contributed by atoms with E-state index in [0.717, 1.165) is 0 Å². The molecule has 2 atom stereocenters. The van der Waals surface area contributed by atoms with Crippen molar-refractivity contribution in [1.29, 1.82) is 0 Å². The first-order chi connectivity index (χ1) is 6.84. The number of alkyl halides is 3. The summed E-state index contributed by atoms with van der Waals surface area (Å²) < 4.78 is 8.07. The zero-order valence-electron chi connectivity index (χ0n) is 8.17. The van der Waals surface area contributed by atoms with Crippen LogP contribution in [0.25, 0.3) is 0 Å². The lowest BCUT2D eigenvalue weighted by Gasteiger charge is -2.13. The van der Waals surface area contributed by atoms with Crippen molar-refractivity contribution in [2.24, 2.45) is 4.99 Å². The maximum atomic E-state index is 11.0. The number of halogens is 3. The molecule has 15 heavy (non-hydrogen) atoms. The Hall–Kier alpha value is -0.190. The second-order valence-corrected chi connectivity index (χ2v) is 5.38. The monoisotopic (exact) mass is 273 g/mol. The van der Waals surface area contributed by atoms with Crippen LogP contribution in [0.4, 0.5) is 0 Å². The van der Waals surface area contributed by atoms with E-state index in [1.807, 2.05) is 0 Å². The molecule has 4 nitrogen and oxygen atoms in total. The maximum Gasteiger partial charge on any atom is 0.307 e. The third-order valence-electron chi connectivity index (χ3n) is 1.97. The van der Waals surface area contributed by atoms with Gasteiger partial charge in [0.2, 0.25) is 5.90 Å². The van der Waals surface area contributed by atoms with Crippen molar-refractivity contribution in [2.45, 2.75) is 29.3 Å². The number of aliphatic imine (C=N–C) groups is 1. The zero-order chi connectivity index (χ0) is 11.6. The molecule has 1 aliphatic heterocycles. The van der Waals surface area contributed by atoms with E-state index in [9.17, 15) is 4.79 Å². The zero-order valence-corrected chi connectivity index (χ0v) is 10.4. The minimum atomic E-state index is -1.68. The molecule has 1 aliphatic rings. The first-order valence-corrected chi connectivity index (χ1v) is 5.36. The highest BCUT2D eigenvalue weighted by Crippen LogP contribution is 2.33. The molecule has 0 bridgehead atoms. The molecule has 0 aromatic heterocycles. The molecule has 0 amide bonds. The molecular formula is C8H10Cl3NO3. The number of hydrogen-bond acceptors (Lipinski definition) is 4. The second kappa shape index (κ2) is 4.76. The fourth-order valence-electron chi connectivity index (χ4n) is 1.15. The molecule has 2 unspecified atom stereocenters. The quantitative estimate of drug-likeness (QED) is 0.572. The van der Waals surface area contributed by atoms with Crippen LogP contribution in [0.1, 0.15) is 13.3 Å². The highest BCUT2D eigenvalue weighted by atomic mass is 35.6. The van der Waals surface area contributed by atoms with Crippen molar-refractivity contribution in [3.8, 4) is 0 Å². The summed E-state index contributed by atoms with van der Waals surface area (Å²) >= 11 is 16.8. The SMILES string of the molecule is COC(=O)CC1N=C(C(Cl)(Cl)Cl)OC1C. The van der Waals surface area contributed by atoms with Crippen LogP contribution in [0.2, 0.25) is 0 Å². The average Bonchev–Trinajstić information content (AvgIpc) is 2.47. The smallest absolute Gasteiger partial charge is 0.307 e. The highest BCUT2D eigenvalue weighted by Gasteiger charge is 2.39. The van der Waals surface area contributed by atoms with Crippen LogP contribution in [0.5, 0.6) is 0 Å². The molecule has 0 N–H and O–H groups in total. The van der Waals surface area contributed by atoms with Gasteiger partial charge in [0.1, 0.15) is 12.1 Å². The number of methoxy groups -OCH3 is 1. The topological polar surface area (TPSA) is 47.9 Å². The van der Waals surface area contributed by atoms with Gasteiger partial charge in [0, 0.05) is 0 Å². The van der Waals surface area contributed by atoms with Crippen LogP contribution < -0.4 is 0 Å². The van der Waals surface area contributed by atoms with E-state index in [0.29, 0.717) is 0 Å². The van der Waals surface area contributed by atoms with Crippen LogP contribution in [-0.4, -0.2) is 34.9 Å². The Morgan fingerprint density at radius 3 is 2.60 bits per heavy atom. The van der Waals surface area contributed by atoms with Crippen LogP contribution >= 0.6 is 34.8 Å². The van der Waals surface area contributed by atoms with Crippen LogP contribution in [0, 0.1) is 0 Å². The summed E-state index contributed by atoms with van der Waals surface area (Å²) in [7, 11) is 1.31. The van der Waals surface area contributed by atoms with E-state index >= 15 is 0 Å². The fourth-order valence-corrected chi connectivity index (χ4v) is 1.43. The third kappa shape index (κ3) is 3.40. The van der Waals surface area contributed by atoms with Gasteiger partial charge in [-0.15, -0.1) is 0 Å². The van der Waals surface area contributed by atoms with Gasteiger partial charge in [0.25, 0.3) is 3.79 Å². The molecule has 0 aliphatic carbocycles. The minimum Gasteiger partial charge on any atom is -0.473 e. The minimum absolute atomic E-state index is 0.0221. The van der Waals surface area contributed by atoms with Crippen molar-refractivity contribution in [3.05, 3.63) is 0 Å². The Morgan fingerprint density at radius 2 is 2.20 bits per heavy atom. The van der Waals surface area contributed by atoms with E-state index in [1.165, 1.54) is 7.11 Å². The lowest BCUT2D eigenvalue weighted by atomic mass is 10.1. The van der Waals surface area contributed by atoms with Gasteiger partial charge in [-0.25, -0.2) is 4.99 Å². The first-order valence-electron chi connectivity index (χ1n) is 4.23. The third-order valence-corrected chi connectivity index (χ3v) is 2.45. The molecule has 7 heteroatoms. The summed E-state index contributed by atoms with van der Waals surface area (Å²) in [5.74, 6) is -0.348. The van der Waals surface area contributed by atoms with Crippen molar-refractivity contribution < 1.29 is 14.3 Å². The lowest BCUT2D eigenvalue weighted by molar-refractivity contribution is -0.141. The fraction of sp³-hybridized carbons (Fsp3) is 0.750. The Morgan fingerprint density at radius 1 is 1.60 bits per heavy atom. The average molecular weight is 275 g/mol. The van der Waals surface area contributed by atoms with E-state index in [-0.39, 0.29) is 30.4 Å². The van der Waals surface area contributed by atoms with Crippen LogP contribution in [0.3, 0.4) is 0 Å². The van der Waals surface area contributed by atoms with Gasteiger partial charge in [0.05, 0.1) is 13.5 Å². The Bertz CT molecular complexity index is 287. The number of ether oxygens (including phenoxy) is 2. The molecule has 0 saturated carbocycles. The second-order valence-electron chi connectivity index (χ2n) is 3.10. The van der Waals surface area contributed by atoms with Gasteiger partial charge < -0.3 is 9.47 Å². The maximum absolute atomic E-state index is 11.0. The van der Waals surface area contributed by atoms with Crippen LogP contribution in [0.15, 0.2) is 4.99 Å². The highest BCUT2D eigenvalue weighted by molar-refractivity contribution is 6.76. The first kappa shape index (κ1) is 12.9.